The van der Waals surface area contributed by atoms with Gasteiger partial charge in [0.15, 0.2) is 0 Å². The molecule has 2 aliphatic heterocycles. The van der Waals surface area contributed by atoms with Gasteiger partial charge < -0.3 is 4.74 Å². The number of imide groups is 2. The summed E-state index contributed by atoms with van der Waals surface area (Å²) < 4.78 is 5.84. The second kappa shape index (κ2) is 5.68. The Hall–Kier alpha value is -2.70. The molecule has 25 heavy (non-hydrogen) atoms. The summed E-state index contributed by atoms with van der Waals surface area (Å²) in [4.78, 5) is 49.5. The summed E-state index contributed by atoms with van der Waals surface area (Å²) >= 11 is 0. The van der Waals surface area contributed by atoms with Gasteiger partial charge in [0.2, 0.25) is 11.8 Å². The molecule has 1 atom stereocenters. The quantitative estimate of drug-likeness (QED) is 0.835. The number of carbonyl (C=O) groups is 4. The summed E-state index contributed by atoms with van der Waals surface area (Å²) in [6.07, 6.45) is 2.36. The average Bonchev–Trinajstić information content (AvgIpc) is 2.78. The molecule has 1 aromatic carbocycles. The zero-order valence-corrected chi connectivity index (χ0v) is 13.8. The molecule has 0 bridgehead atoms. The Kier molecular flexibility index (Phi) is 3.59. The van der Waals surface area contributed by atoms with E-state index in [2.05, 4.69) is 12.2 Å². The second-order valence-electron chi connectivity index (χ2n) is 6.97. The van der Waals surface area contributed by atoms with Gasteiger partial charge in [-0.25, -0.2) is 0 Å². The lowest BCUT2D eigenvalue weighted by molar-refractivity contribution is -0.136. The number of hydrogen-bond acceptors (Lipinski definition) is 5. The largest absolute Gasteiger partial charge is 0.490 e. The molecule has 1 aromatic rings. The lowest BCUT2D eigenvalue weighted by Gasteiger charge is -2.32. The lowest BCUT2D eigenvalue weighted by atomic mass is 9.84. The van der Waals surface area contributed by atoms with E-state index in [9.17, 15) is 19.2 Å². The Morgan fingerprint density at radius 2 is 1.80 bits per heavy atom. The average molecular weight is 342 g/mol. The van der Waals surface area contributed by atoms with Crippen molar-refractivity contribution in [3.63, 3.8) is 0 Å². The van der Waals surface area contributed by atoms with Crippen LogP contribution in [0.4, 0.5) is 0 Å². The van der Waals surface area contributed by atoms with Crippen LogP contribution < -0.4 is 10.1 Å². The molecule has 2 heterocycles. The Labute approximate surface area is 144 Å². The highest BCUT2D eigenvalue weighted by Crippen LogP contribution is 2.34. The molecule has 4 rings (SSSR count). The number of piperidine rings is 1. The van der Waals surface area contributed by atoms with Crippen molar-refractivity contribution in [3.8, 4) is 5.75 Å². The Morgan fingerprint density at radius 1 is 1.08 bits per heavy atom. The third-order valence-electron chi connectivity index (χ3n) is 5.04. The first-order valence-corrected chi connectivity index (χ1v) is 8.46. The van der Waals surface area contributed by atoms with Gasteiger partial charge in [-0.3, -0.25) is 29.4 Å². The van der Waals surface area contributed by atoms with Crippen molar-refractivity contribution in [2.75, 3.05) is 0 Å². The molecule has 130 valence electrons. The molecule has 1 aliphatic carbocycles. The number of benzene rings is 1. The number of ether oxygens (including phenoxy) is 1. The summed E-state index contributed by atoms with van der Waals surface area (Å²) in [6, 6.07) is 3.88. The zero-order valence-electron chi connectivity index (χ0n) is 13.8. The molecule has 0 aromatic heterocycles. The van der Waals surface area contributed by atoms with Crippen LogP contribution in [0.25, 0.3) is 0 Å². The number of hydrogen-bond donors (Lipinski definition) is 1. The first-order chi connectivity index (χ1) is 11.9. The number of carbonyl (C=O) groups excluding carboxylic acids is 4. The van der Waals surface area contributed by atoms with Gasteiger partial charge in [0, 0.05) is 6.42 Å². The van der Waals surface area contributed by atoms with E-state index in [1.165, 1.54) is 0 Å². The van der Waals surface area contributed by atoms with Gasteiger partial charge in [-0.15, -0.1) is 0 Å². The highest BCUT2D eigenvalue weighted by atomic mass is 16.5. The second-order valence-corrected chi connectivity index (χ2v) is 6.97. The van der Waals surface area contributed by atoms with Crippen LogP contribution in [0.1, 0.15) is 53.3 Å². The molecule has 2 fully saturated rings. The summed E-state index contributed by atoms with van der Waals surface area (Å²) in [7, 11) is 0. The van der Waals surface area contributed by atoms with Gasteiger partial charge >= 0.3 is 0 Å². The van der Waals surface area contributed by atoms with E-state index in [0.717, 1.165) is 17.7 Å². The van der Waals surface area contributed by atoms with Gasteiger partial charge in [-0.2, -0.15) is 0 Å². The monoisotopic (exact) mass is 342 g/mol. The fourth-order valence-electron chi connectivity index (χ4n) is 3.64. The van der Waals surface area contributed by atoms with Crippen molar-refractivity contribution in [2.45, 2.75) is 44.8 Å². The number of amides is 4. The highest BCUT2D eigenvalue weighted by molar-refractivity contribution is 6.23. The number of nitrogens with one attached hydrogen (secondary N) is 1. The molecule has 1 saturated heterocycles. The van der Waals surface area contributed by atoms with Gasteiger partial charge in [0.05, 0.1) is 17.2 Å². The first kappa shape index (κ1) is 15.8. The molecule has 1 saturated carbocycles. The fraction of sp³-hybridized carbons (Fsp3) is 0.444. The maximum atomic E-state index is 12.7. The first-order valence-electron chi connectivity index (χ1n) is 8.46. The van der Waals surface area contributed by atoms with Gasteiger partial charge in [0.25, 0.3) is 11.8 Å². The van der Waals surface area contributed by atoms with Crippen LogP contribution in [0.5, 0.6) is 5.75 Å². The predicted octanol–water partition coefficient (Wildman–Crippen LogP) is 1.27. The van der Waals surface area contributed by atoms with Crippen LogP contribution in [-0.4, -0.2) is 40.7 Å². The Bertz CT molecular complexity index is 797. The molecule has 7 heteroatoms. The third kappa shape index (κ3) is 2.59. The summed E-state index contributed by atoms with van der Waals surface area (Å²) in [5.74, 6) is -0.804. The van der Waals surface area contributed by atoms with E-state index in [-0.39, 0.29) is 36.0 Å². The lowest BCUT2D eigenvalue weighted by Crippen LogP contribution is -2.54. The van der Waals surface area contributed by atoms with Crippen molar-refractivity contribution in [3.05, 3.63) is 29.3 Å². The molecule has 3 aliphatic rings. The predicted molar refractivity (Wildman–Crippen MR) is 85.9 cm³/mol. The van der Waals surface area contributed by atoms with Crippen LogP contribution in [0.2, 0.25) is 0 Å². The van der Waals surface area contributed by atoms with Gasteiger partial charge in [-0.1, -0.05) is 6.92 Å². The number of fused-ring (bicyclic) bond motifs is 1. The normalized spacial score (nSPS) is 28.5. The molecule has 1 unspecified atom stereocenters. The Morgan fingerprint density at radius 3 is 2.48 bits per heavy atom. The topological polar surface area (TPSA) is 92.8 Å². The molecule has 4 amide bonds. The zero-order chi connectivity index (χ0) is 17.7. The van der Waals surface area contributed by atoms with Crippen molar-refractivity contribution in [1.29, 1.82) is 0 Å². The van der Waals surface area contributed by atoms with Crippen molar-refractivity contribution in [2.24, 2.45) is 5.92 Å². The fourth-order valence-corrected chi connectivity index (χ4v) is 3.64. The van der Waals surface area contributed by atoms with E-state index < -0.39 is 23.8 Å². The SMILES string of the molecule is CC1CC(Oc2ccc3c(c2)C(=O)N(C2CCC(=O)NC2=O)C3=O)C1. The summed E-state index contributed by atoms with van der Waals surface area (Å²) in [5, 5.41) is 2.18. The van der Waals surface area contributed by atoms with Crippen molar-refractivity contribution >= 4 is 23.6 Å². The smallest absolute Gasteiger partial charge is 0.262 e. The van der Waals surface area contributed by atoms with Crippen LogP contribution in [0.3, 0.4) is 0 Å². The summed E-state index contributed by atoms with van der Waals surface area (Å²) in [5.41, 5.74) is 0.517. The Balaban J connectivity index is 1.57. The van der Waals surface area contributed by atoms with Crippen LogP contribution in [0, 0.1) is 5.92 Å². The molecular formula is C18H18N2O5. The van der Waals surface area contributed by atoms with Crippen molar-refractivity contribution in [1.82, 2.24) is 10.2 Å². The minimum Gasteiger partial charge on any atom is -0.490 e. The van der Waals surface area contributed by atoms with Crippen LogP contribution in [-0.2, 0) is 9.59 Å². The molecule has 1 N–H and O–H groups in total. The molecule has 7 nitrogen and oxygen atoms in total. The van der Waals surface area contributed by atoms with E-state index in [4.69, 9.17) is 4.74 Å². The minimum atomic E-state index is -0.943. The molecular weight excluding hydrogens is 324 g/mol. The van der Waals surface area contributed by atoms with E-state index in [1.54, 1.807) is 18.2 Å². The maximum absolute atomic E-state index is 12.7. The standard InChI is InChI=1S/C18H18N2O5/c1-9-6-11(7-9)25-10-2-3-12-13(8-10)18(24)20(17(12)23)14-4-5-15(21)19-16(14)22/h2-3,8-9,11,14H,4-7H2,1H3,(H,19,21,22). The van der Waals surface area contributed by atoms with E-state index in [0.29, 0.717) is 11.7 Å². The van der Waals surface area contributed by atoms with E-state index >= 15 is 0 Å². The number of rotatable bonds is 3. The maximum Gasteiger partial charge on any atom is 0.262 e. The summed E-state index contributed by atoms with van der Waals surface area (Å²) in [6.45, 7) is 2.16. The third-order valence-corrected chi connectivity index (χ3v) is 5.04. The van der Waals surface area contributed by atoms with Crippen molar-refractivity contribution < 1.29 is 23.9 Å². The minimum absolute atomic E-state index is 0.109. The van der Waals surface area contributed by atoms with E-state index in [1.807, 2.05) is 0 Å². The molecule has 0 spiro atoms. The van der Waals surface area contributed by atoms with Crippen LogP contribution in [0.15, 0.2) is 18.2 Å². The van der Waals surface area contributed by atoms with Crippen LogP contribution >= 0.6 is 0 Å². The molecule has 0 radical (unpaired) electrons. The highest BCUT2D eigenvalue weighted by Gasteiger charge is 2.44. The van der Waals surface area contributed by atoms with Gasteiger partial charge in [-0.05, 0) is 43.4 Å². The van der Waals surface area contributed by atoms with Gasteiger partial charge in [0.1, 0.15) is 11.8 Å². The number of nitrogens with zero attached hydrogens (tertiary/aromatic N) is 1.